The van der Waals surface area contributed by atoms with Crippen LogP contribution in [0, 0.1) is 6.92 Å². The molecule has 1 atom stereocenters. The fraction of sp³-hybridized carbons (Fsp3) is 0.435. The second-order valence-electron chi connectivity index (χ2n) is 7.38. The molecule has 8 heteroatoms. The predicted molar refractivity (Wildman–Crippen MR) is 123 cm³/mol. The zero-order valence-corrected chi connectivity index (χ0v) is 19.7. The zero-order valence-electron chi connectivity index (χ0n) is 18.8. The van der Waals surface area contributed by atoms with E-state index in [1.807, 2.05) is 44.2 Å². The summed E-state index contributed by atoms with van der Waals surface area (Å²) in [5.41, 5.74) is 2.36. The maximum Gasteiger partial charge on any atom is 0.243 e. The number of ether oxygens (including phenoxy) is 2. The molecule has 0 aromatic heterocycles. The first-order chi connectivity index (χ1) is 14.7. The highest BCUT2D eigenvalue weighted by Crippen LogP contribution is 2.32. The number of methoxy groups -OCH3 is 1. The molecule has 2 rings (SSSR count). The summed E-state index contributed by atoms with van der Waals surface area (Å²) in [6.45, 7) is 6.44. The minimum Gasteiger partial charge on any atom is -0.495 e. The molecule has 0 heterocycles. The Morgan fingerprint density at radius 3 is 2.42 bits per heavy atom. The van der Waals surface area contributed by atoms with E-state index in [1.165, 1.54) is 7.11 Å². The summed E-state index contributed by atoms with van der Waals surface area (Å²) in [4.78, 5) is 12.7. The van der Waals surface area contributed by atoms with Gasteiger partial charge in [-0.25, -0.2) is 8.42 Å². The number of rotatable bonds is 11. The average molecular weight is 449 g/mol. The number of amides is 1. The molecule has 31 heavy (non-hydrogen) atoms. The minimum absolute atomic E-state index is 0.349. The minimum atomic E-state index is -3.71. The number of anilines is 1. The monoisotopic (exact) mass is 448 g/mol. The van der Waals surface area contributed by atoms with Crippen molar-refractivity contribution < 1.29 is 22.7 Å². The molecule has 2 aromatic carbocycles. The zero-order chi connectivity index (χ0) is 23.0. The van der Waals surface area contributed by atoms with Crippen molar-refractivity contribution in [2.24, 2.45) is 0 Å². The van der Waals surface area contributed by atoms with E-state index in [9.17, 15) is 13.2 Å². The third-order valence-corrected chi connectivity index (χ3v) is 6.06. The molecule has 0 unspecified atom stereocenters. The van der Waals surface area contributed by atoms with E-state index < -0.39 is 16.1 Å². The second kappa shape index (κ2) is 11.0. The van der Waals surface area contributed by atoms with Crippen LogP contribution in [-0.4, -0.2) is 46.9 Å². The summed E-state index contributed by atoms with van der Waals surface area (Å²) in [6.07, 6.45) is 2.62. The smallest absolute Gasteiger partial charge is 0.243 e. The Hall–Kier alpha value is -2.74. The lowest BCUT2D eigenvalue weighted by Crippen LogP contribution is -2.48. The molecule has 0 fully saturated rings. The highest BCUT2D eigenvalue weighted by atomic mass is 32.2. The normalized spacial score (nSPS) is 12.2. The van der Waals surface area contributed by atoms with Gasteiger partial charge in [-0.2, -0.15) is 0 Å². The van der Waals surface area contributed by atoms with Crippen LogP contribution in [0.4, 0.5) is 5.69 Å². The summed E-state index contributed by atoms with van der Waals surface area (Å²) in [5, 5.41) is 2.85. The second-order valence-corrected chi connectivity index (χ2v) is 9.24. The van der Waals surface area contributed by atoms with Crippen molar-refractivity contribution in [3.05, 3.63) is 53.6 Å². The van der Waals surface area contributed by atoms with Crippen molar-refractivity contribution in [2.75, 3.05) is 30.8 Å². The molecular weight excluding hydrogens is 416 g/mol. The number of benzene rings is 2. The number of hydrogen-bond acceptors (Lipinski definition) is 5. The maximum absolute atomic E-state index is 12.7. The van der Waals surface area contributed by atoms with Gasteiger partial charge in [0.25, 0.3) is 0 Å². The largest absolute Gasteiger partial charge is 0.495 e. The van der Waals surface area contributed by atoms with Crippen molar-refractivity contribution in [1.29, 1.82) is 0 Å². The lowest BCUT2D eigenvalue weighted by Gasteiger charge is -2.29. The van der Waals surface area contributed by atoms with Gasteiger partial charge in [0.15, 0.2) is 0 Å². The highest BCUT2D eigenvalue weighted by Gasteiger charge is 2.31. The van der Waals surface area contributed by atoms with E-state index in [1.54, 1.807) is 19.1 Å². The van der Waals surface area contributed by atoms with Crippen LogP contribution >= 0.6 is 0 Å². The Balaban J connectivity index is 2.01. The number of sulfonamides is 1. The average Bonchev–Trinajstić information content (AvgIpc) is 2.71. The van der Waals surface area contributed by atoms with Gasteiger partial charge in [0, 0.05) is 6.54 Å². The van der Waals surface area contributed by atoms with Crippen LogP contribution in [0.1, 0.15) is 31.4 Å². The number of nitrogens with zero attached hydrogens (tertiary/aromatic N) is 1. The topological polar surface area (TPSA) is 84.9 Å². The number of carbonyl (C=O) groups is 1. The lowest BCUT2D eigenvalue weighted by molar-refractivity contribution is -0.121. The Bertz CT molecular complexity index is 974. The number of nitrogens with one attached hydrogen (secondary N) is 1. The van der Waals surface area contributed by atoms with E-state index in [-0.39, 0.29) is 5.91 Å². The molecule has 0 bridgehead atoms. The quantitative estimate of drug-likeness (QED) is 0.533. The van der Waals surface area contributed by atoms with Gasteiger partial charge in [0.1, 0.15) is 17.5 Å². The Kier molecular flexibility index (Phi) is 8.74. The summed E-state index contributed by atoms with van der Waals surface area (Å²) >= 11 is 0. The summed E-state index contributed by atoms with van der Waals surface area (Å²) in [5.74, 6) is 0.868. The molecule has 1 amide bonds. The first-order valence-electron chi connectivity index (χ1n) is 10.3. The van der Waals surface area contributed by atoms with Crippen LogP contribution in [0.3, 0.4) is 0 Å². The Morgan fingerprint density at radius 1 is 1.16 bits per heavy atom. The maximum atomic E-state index is 12.7. The van der Waals surface area contributed by atoms with Crippen LogP contribution < -0.4 is 19.1 Å². The third-order valence-electron chi connectivity index (χ3n) is 4.84. The van der Waals surface area contributed by atoms with Gasteiger partial charge in [-0.3, -0.25) is 9.10 Å². The highest BCUT2D eigenvalue weighted by molar-refractivity contribution is 7.92. The van der Waals surface area contributed by atoms with Crippen LogP contribution in [0.15, 0.2) is 42.5 Å². The van der Waals surface area contributed by atoms with Gasteiger partial charge in [-0.05, 0) is 69.0 Å². The summed E-state index contributed by atoms with van der Waals surface area (Å²) in [7, 11) is -2.24. The molecule has 0 aliphatic rings. The molecule has 0 aliphatic heterocycles. The number of aryl methyl sites for hydroxylation is 2. The molecule has 170 valence electrons. The Labute approximate surface area is 185 Å². The SMILES string of the molecule is CCOc1ccc(CCCNC(=O)[C@H](C)N(c2cc(C)ccc2OC)S(C)(=O)=O)cc1. The molecule has 0 spiro atoms. The molecular formula is C23H32N2O5S. The van der Waals surface area contributed by atoms with Crippen LogP contribution in [0.2, 0.25) is 0 Å². The predicted octanol–water partition coefficient (Wildman–Crippen LogP) is 3.31. The first kappa shape index (κ1) is 24.5. The van der Waals surface area contributed by atoms with Crippen molar-refractivity contribution >= 4 is 21.6 Å². The molecule has 0 aliphatic carbocycles. The van der Waals surface area contributed by atoms with Crippen LogP contribution in [0.5, 0.6) is 11.5 Å². The molecule has 7 nitrogen and oxygen atoms in total. The number of carbonyl (C=O) groups excluding carboxylic acids is 1. The van der Waals surface area contributed by atoms with Crippen molar-refractivity contribution in [3.63, 3.8) is 0 Å². The van der Waals surface area contributed by atoms with E-state index in [4.69, 9.17) is 9.47 Å². The molecule has 0 saturated carbocycles. The fourth-order valence-corrected chi connectivity index (χ4v) is 4.49. The molecule has 1 N–H and O–H groups in total. The first-order valence-corrected chi connectivity index (χ1v) is 12.2. The summed E-state index contributed by atoms with van der Waals surface area (Å²) in [6, 6.07) is 12.2. The fourth-order valence-electron chi connectivity index (χ4n) is 3.32. The van der Waals surface area contributed by atoms with E-state index >= 15 is 0 Å². The molecule has 0 saturated heterocycles. The summed E-state index contributed by atoms with van der Waals surface area (Å²) < 4.78 is 36.9. The van der Waals surface area contributed by atoms with Gasteiger partial charge in [-0.15, -0.1) is 0 Å². The number of hydrogen-bond donors (Lipinski definition) is 1. The van der Waals surface area contributed by atoms with Gasteiger partial charge in [0.2, 0.25) is 15.9 Å². The Morgan fingerprint density at radius 2 is 1.84 bits per heavy atom. The molecule has 0 radical (unpaired) electrons. The van der Waals surface area contributed by atoms with Gasteiger partial charge < -0.3 is 14.8 Å². The standard InChI is InChI=1S/C23H32N2O5S/c1-6-30-20-12-10-19(11-13-20)8-7-15-24-23(26)18(3)25(31(5,27)28)21-16-17(2)9-14-22(21)29-4/h9-14,16,18H,6-8,15H2,1-5H3,(H,24,26)/t18-/m0/s1. The van der Waals surface area contributed by atoms with E-state index in [2.05, 4.69) is 5.32 Å². The lowest BCUT2D eigenvalue weighted by atomic mass is 10.1. The van der Waals surface area contributed by atoms with Crippen LogP contribution in [-0.2, 0) is 21.2 Å². The van der Waals surface area contributed by atoms with Gasteiger partial charge in [-0.1, -0.05) is 18.2 Å². The third kappa shape index (κ3) is 6.89. The van der Waals surface area contributed by atoms with Gasteiger partial charge in [0.05, 0.1) is 25.7 Å². The van der Waals surface area contributed by atoms with Crippen molar-refractivity contribution in [2.45, 2.75) is 39.7 Å². The van der Waals surface area contributed by atoms with Crippen LogP contribution in [0.25, 0.3) is 0 Å². The van der Waals surface area contributed by atoms with Gasteiger partial charge >= 0.3 is 0 Å². The van der Waals surface area contributed by atoms with Crippen molar-refractivity contribution in [1.82, 2.24) is 5.32 Å². The van der Waals surface area contributed by atoms with E-state index in [0.717, 1.165) is 40.3 Å². The van der Waals surface area contributed by atoms with Crippen molar-refractivity contribution in [3.8, 4) is 11.5 Å². The molecule has 2 aromatic rings. The van der Waals surface area contributed by atoms with E-state index in [0.29, 0.717) is 24.6 Å².